The van der Waals surface area contributed by atoms with E-state index in [1.54, 1.807) is 4.90 Å². The summed E-state index contributed by atoms with van der Waals surface area (Å²) in [4.78, 5) is 43.4. The molecule has 1 aromatic carbocycles. The summed E-state index contributed by atoms with van der Waals surface area (Å²) in [5.41, 5.74) is -0.418. The van der Waals surface area contributed by atoms with Crippen LogP contribution in [0, 0.1) is 11.0 Å². The molecule has 4 heterocycles. The van der Waals surface area contributed by atoms with Gasteiger partial charge >= 0.3 is 11.3 Å². The van der Waals surface area contributed by atoms with Gasteiger partial charge in [0.05, 0.1) is 16.4 Å². The van der Waals surface area contributed by atoms with Crippen molar-refractivity contribution in [2.24, 2.45) is 0 Å². The van der Waals surface area contributed by atoms with Gasteiger partial charge in [0.15, 0.2) is 17.2 Å². The number of aromatic nitrogens is 5. The Morgan fingerprint density at radius 3 is 2.43 bits per heavy atom. The molecule has 3 aromatic heterocycles. The predicted molar refractivity (Wildman–Crippen MR) is 166 cm³/mol. The quantitative estimate of drug-likeness (QED) is 0.190. The molecule has 0 unspecified atom stereocenters. The van der Waals surface area contributed by atoms with E-state index in [1.165, 1.54) is 30.6 Å². The Morgan fingerprint density at radius 1 is 1.20 bits per heavy atom. The molecule has 44 heavy (non-hydrogen) atoms. The minimum absolute atomic E-state index is 0.160. The van der Waals surface area contributed by atoms with Crippen LogP contribution in [0.4, 0.5) is 10.2 Å². The minimum atomic E-state index is -0.871. The SMILES string of the molecule is C=CC(=O)N1CCN(c2nc(=O)n(-c3c(C(C)C)ncnc3C(C)C)c3c2cc(Cl)c(-c2c(O)cccc2F)[n+]3[O-])[C@@H](C)C1. The van der Waals surface area contributed by atoms with E-state index in [1.807, 2.05) is 39.5 Å². The van der Waals surface area contributed by atoms with E-state index in [9.17, 15) is 19.9 Å². The Morgan fingerprint density at radius 2 is 1.86 bits per heavy atom. The van der Waals surface area contributed by atoms with Crippen molar-refractivity contribution < 1.29 is 19.0 Å². The highest BCUT2D eigenvalue weighted by Gasteiger charge is 2.35. The van der Waals surface area contributed by atoms with E-state index >= 15 is 4.39 Å². The van der Waals surface area contributed by atoms with Crippen molar-refractivity contribution in [3.05, 3.63) is 81.2 Å². The number of rotatable bonds is 6. The molecule has 0 bridgehead atoms. The van der Waals surface area contributed by atoms with Crippen molar-refractivity contribution in [2.75, 3.05) is 24.5 Å². The highest BCUT2D eigenvalue weighted by atomic mass is 35.5. The predicted octanol–water partition coefficient (Wildman–Crippen LogP) is 4.44. The molecule has 5 rings (SSSR count). The summed E-state index contributed by atoms with van der Waals surface area (Å²) in [5, 5.41) is 25.2. The molecule has 1 saturated heterocycles. The van der Waals surface area contributed by atoms with Crippen LogP contribution in [0.1, 0.15) is 57.8 Å². The summed E-state index contributed by atoms with van der Waals surface area (Å²) >= 11 is 6.70. The van der Waals surface area contributed by atoms with Crippen LogP contribution < -0.4 is 15.3 Å². The number of piperazine rings is 1. The number of hydrogen-bond acceptors (Lipinski definition) is 8. The molecule has 1 fully saturated rings. The number of fused-ring (bicyclic) bond motifs is 1. The van der Waals surface area contributed by atoms with Crippen LogP contribution in [0.25, 0.3) is 28.0 Å². The highest BCUT2D eigenvalue weighted by molar-refractivity contribution is 6.33. The smallest absolute Gasteiger partial charge is 0.442 e. The van der Waals surface area contributed by atoms with Crippen LogP contribution in [-0.2, 0) is 4.79 Å². The molecule has 0 aliphatic carbocycles. The number of aromatic hydroxyl groups is 1. The monoisotopic (exact) mass is 621 g/mol. The zero-order valence-corrected chi connectivity index (χ0v) is 25.8. The second-order valence-electron chi connectivity index (χ2n) is 11.4. The van der Waals surface area contributed by atoms with Gasteiger partial charge in [0, 0.05) is 25.7 Å². The first kappa shape index (κ1) is 30.9. The van der Waals surface area contributed by atoms with Crippen LogP contribution in [0.3, 0.4) is 0 Å². The van der Waals surface area contributed by atoms with E-state index in [4.69, 9.17) is 11.6 Å². The molecule has 1 aliphatic heterocycles. The van der Waals surface area contributed by atoms with Crippen molar-refractivity contribution >= 4 is 34.4 Å². The highest BCUT2D eigenvalue weighted by Crippen LogP contribution is 2.38. The molecular formula is C31H33ClFN7O4. The van der Waals surface area contributed by atoms with Gasteiger partial charge in [-0.25, -0.2) is 23.9 Å². The number of carbonyl (C=O) groups is 1. The van der Waals surface area contributed by atoms with Crippen LogP contribution >= 0.6 is 11.6 Å². The van der Waals surface area contributed by atoms with Crippen molar-refractivity contribution in [1.82, 2.24) is 24.4 Å². The summed E-state index contributed by atoms with van der Waals surface area (Å²) < 4.78 is 16.7. The maximum atomic E-state index is 15.2. The average Bonchev–Trinajstić information content (AvgIpc) is 2.97. The van der Waals surface area contributed by atoms with Gasteiger partial charge in [-0.15, -0.1) is 4.57 Å². The first-order chi connectivity index (χ1) is 20.9. The maximum Gasteiger partial charge on any atom is 0.442 e. The average molecular weight is 622 g/mol. The lowest BCUT2D eigenvalue weighted by Gasteiger charge is -2.40. The molecular weight excluding hydrogens is 589 g/mol. The maximum absolute atomic E-state index is 15.2. The number of anilines is 1. The van der Waals surface area contributed by atoms with Crippen molar-refractivity contribution in [2.45, 2.75) is 52.5 Å². The third-order valence-corrected chi connectivity index (χ3v) is 8.08. The Bertz CT molecular complexity index is 1810. The summed E-state index contributed by atoms with van der Waals surface area (Å²) in [6, 6.07) is 4.80. The van der Waals surface area contributed by atoms with E-state index in [2.05, 4.69) is 21.5 Å². The Kier molecular flexibility index (Phi) is 8.30. The Labute approximate surface area is 258 Å². The van der Waals surface area contributed by atoms with Gasteiger partial charge in [-0.3, -0.25) is 4.79 Å². The van der Waals surface area contributed by atoms with Crippen LogP contribution in [-0.4, -0.2) is 61.1 Å². The fraction of sp³-hybridized carbons (Fsp3) is 0.355. The number of nitrogens with zero attached hydrogens (tertiary/aromatic N) is 7. The lowest BCUT2D eigenvalue weighted by Crippen LogP contribution is -2.54. The second-order valence-corrected chi connectivity index (χ2v) is 11.8. The molecule has 0 saturated carbocycles. The summed E-state index contributed by atoms with van der Waals surface area (Å²) in [6.45, 7) is 14.0. The molecule has 4 aromatic rings. The van der Waals surface area contributed by atoms with E-state index in [0.717, 1.165) is 10.6 Å². The fourth-order valence-corrected chi connectivity index (χ4v) is 5.99. The molecule has 1 aliphatic rings. The summed E-state index contributed by atoms with van der Waals surface area (Å²) in [6.07, 6.45) is 2.66. The topological polar surface area (TPSA) is 131 Å². The second kappa shape index (κ2) is 11.8. The third kappa shape index (κ3) is 5.12. The standard InChI is InChI=1S/C31H33ClFN7O4/c1-7-23(42)37-11-12-38(18(6)14-37)29-19-13-20(32)27(24-21(33)9-8-10-22(24)41)40(44)30(19)39(31(43)36-29)28-25(16(2)3)34-15-35-26(28)17(4)5/h7-10,13,15-18,41H,1,11-12,14H2,2-6H3/t18-/m0/s1. The van der Waals surface area contributed by atoms with Crippen molar-refractivity contribution in [3.8, 4) is 22.7 Å². The first-order valence-electron chi connectivity index (χ1n) is 14.3. The number of phenols is 1. The van der Waals surface area contributed by atoms with E-state index in [-0.39, 0.29) is 51.4 Å². The van der Waals surface area contributed by atoms with Gasteiger partial charge in [-0.05, 0) is 43.0 Å². The molecule has 230 valence electrons. The Hall–Kier alpha value is -4.58. The van der Waals surface area contributed by atoms with Crippen molar-refractivity contribution in [3.63, 3.8) is 0 Å². The molecule has 1 amide bonds. The Balaban J connectivity index is 1.91. The normalized spacial score (nSPS) is 15.4. The molecule has 0 spiro atoms. The molecule has 1 atom stereocenters. The third-order valence-electron chi connectivity index (χ3n) is 7.79. The molecule has 1 N–H and O–H groups in total. The van der Waals surface area contributed by atoms with Gasteiger partial charge < -0.3 is 20.1 Å². The number of amides is 1. The van der Waals surface area contributed by atoms with Gasteiger partial charge in [0.2, 0.25) is 5.91 Å². The number of pyridine rings is 1. The van der Waals surface area contributed by atoms with Gasteiger partial charge in [0.1, 0.15) is 28.8 Å². The van der Waals surface area contributed by atoms with E-state index < -0.39 is 22.8 Å². The number of phenolic OH excluding ortho intramolecular Hbond substituents is 1. The fourth-order valence-electron chi connectivity index (χ4n) is 5.71. The summed E-state index contributed by atoms with van der Waals surface area (Å²) in [5.74, 6) is -1.75. The number of benzene rings is 1. The van der Waals surface area contributed by atoms with Crippen LogP contribution in [0.15, 0.2) is 48.0 Å². The minimum Gasteiger partial charge on any atom is -0.710 e. The lowest BCUT2D eigenvalue weighted by atomic mass is 10.0. The number of carbonyl (C=O) groups excluding carboxylic acids is 1. The number of halogens is 2. The molecule has 0 radical (unpaired) electrons. The van der Waals surface area contributed by atoms with Gasteiger partial charge in [-0.1, -0.05) is 51.9 Å². The first-order valence-corrected chi connectivity index (χ1v) is 14.6. The number of hydrogen-bond donors (Lipinski definition) is 1. The van der Waals surface area contributed by atoms with Gasteiger partial charge in [0.25, 0.3) is 0 Å². The lowest BCUT2D eigenvalue weighted by molar-refractivity contribution is -0.568. The van der Waals surface area contributed by atoms with E-state index in [0.29, 0.717) is 41.4 Å². The van der Waals surface area contributed by atoms with Gasteiger partial charge in [-0.2, -0.15) is 4.98 Å². The summed E-state index contributed by atoms with van der Waals surface area (Å²) in [7, 11) is 0. The largest absolute Gasteiger partial charge is 0.710 e. The molecule has 11 nitrogen and oxygen atoms in total. The van der Waals surface area contributed by atoms with Crippen LogP contribution in [0.2, 0.25) is 5.02 Å². The zero-order chi connectivity index (χ0) is 32.0. The molecule has 13 heteroatoms. The van der Waals surface area contributed by atoms with Crippen LogP contribution in [0.5, 0.6) is 5.75 Å². The van der Waals surface area contributed by atoms with Crippen molar-refractivity contribution in [1.29, 1.82) is 0 Å². The zero-order valence-electron chi connectivity index (χ0n) is 25.1.